The van der Waals surface area contributed by atoms with Gasteiger partial charge in [0.2, 0.25) is 0 Å². The first kappa shape index (κ1) is 14.0. The summed E-state index contributed by atoms with van der Waals surface area (Å²) < 4.78 is 0. The van der Waals surface area contributed by atoms with Crippen LogP contribution in [-0.2, 0) is 0 Å². The normalized spacial score (nSPS) is 13.3. The van der Waals surface area contributed by atoms with Crippen molar-refractivity contribution in [2.45, 2.75) is 0 Å². The summed E-state index contributed by atoms with van der Waals surface area (Å²) in [6.07, 6.45) is 0. The van der Waals surface area contributed by atoms with Crippen molar-refractivity contribution in [2.75, 3.05) is 6.66 Å². The van der Waals surface area contributed by atoms with Crippen molar-refractivity contribution in [3.63, 3.8) is 0 Å². The van der Waals surface area contributed by atoms with E-state index in [4.69, 9.17) is 5.50 Å². The summed E-state index contributed by atoms with van der Waals surface area (Å²) in [6, 6.07) is 31.4. The molecular formula is C19H20NP. The summed E-state index contributed by atoms with van der Waals surface area (Å²) in [5.74, 6) is 0. The minimum absolute atomic E-state index is 1.21. The molecule has 106 valence electrons. The van der Waals surface area contributed by atoms with Gasteiger partial charge in [0.25, 0.3) is 0 Å². The molecule has 0 heterocycles. The SMILES string of the molecule is CP(N)(c1ccccc1)(c1ccccc1)c1ccccc1. The Morgan fingerprint density at radius 1 is 0.524 bits per heavy atom. The van der Waals surface area contributed by atoms with Gasteiger partial charge in [-0.3, -0.25) is 0 Å². The van der Waals surface area contributed by atoms with E-state index in [1.807, 2.05) is 18.2 Å². The van der Waals surface area contributed by atoms with Crippen molar-refractivity contribution >= 4 is 22.7 Å². The first-order chi connectivity index (χ1) is 10.1. The van der Waals surface area contributed by atoms with E-state index >= 15 is 0 Å². The van der Waals surface area contributed by atoms with E-state index in [9.17, 15) is 0 Å². The number of nitrogens with two attached hydrogens (primary N) is 1. The van der Waals surface area contributed by atoms with Crippen LogP contribution in [0.2, 0.25) is 0 Å². The fraction of sp³-hybridized carbons (Fsp3) is 0.0526. The Morgan fingerprint density at radius 3 is 1.00 bits per heavy atom. The summed E-state index contributed by atoms with van der Waals surface area (Å²) in [5.41, 5.74) is 7.24. The van der Waals surface area contributed by atoms with E-state index in [1.165, 1.54) is 15.9 Å². The van der Waals surface area contributed by atoms with E-state index in [1.54, 1.807) is 0 Å². The van der Waals surface area contributed by atoms with Crippen LogP contribution < -0.4 is 21.4 Å². The summed E-state index contributed by atoms with van der Waals surface area (Å²) in [5, 5.41) is 3.63. The molecule has 3 rings (SSSR count). The van der Waals surface area contributed by atoms with Crippen LogP contribution in [0, 0.1) is 0 Å². The van der Waals surface area contributed by atoms with Gasteiger partial charge in [0.15, 0.2) is 0 Å². The Balaban J connectivity index is 2.36. The molecule has 0 saturated carbocycles. The molecule has 1 nitrogen and oxygen atoms in total. The van der Waals surface area contributed by atoms with E-state index in [2.05, 4.69) is 79.5 Å². The molecular weight excluding hydrogens is 273 g/mol. The monoisotopic (exact) mass is 293 g/mol. The van der Waals surface area contributed by atoms with Crippen molar-refractivity contribution < 1.29 is 0 Å². The maximum atomic E-state index is 7.24. The van der Waals surface area contributed by atoms with Crippen LogP contribution in [0.25, 0.3) is 0 Å². The summed E-state index contributed by atoms with van der Waals surface area (Å²) in [4.78, 5) is 0. The van der Waals surface area contributed by atoms with Crippen molar-refractivity contribution in [2.24, 2.45) is 5.50 Å². The van der Waals surface area contributed by atoms with Gasteiger partial charge in [-0.15, -0.1) is 0 Å². The molecule has 0 bridgehead atoms. The number of benzene rings is 3. The minimum atomic E-state index is -2.87. The average Bonchev–Trinajstić information content (AvgIpc) is 2.57. The third-order valence-electron chi connectivity index (χ3n) is 4.26. The molecule has 0 amide bonds. The Kier molecular flexibility index (Phi) is 3.41. The van der Waals surface area contributed by atoms with Crippen LogP contribution >= 0.6 is 6.75 Å². The van der Waals surface area contributed by atoms with Gasteiger partial charge in [-0.2, -0.15) is 0 Å². The van der Waals surface area contributed by atoms with Gasteiger partial charge in [0, 0.05) is 0 Å². The average molecular weight is 293 g/mol. The summed E-state index contributed by atoms with van der Waals surface area (Å²) >= 11 is 0. The number of hydrogen-bond donors (Lipinski definition) is 1. The molecule has 0 aromatic heterocycles. The van der Waals surface area contributed by atoms with Gasteiger partial charge >= 0.3 is 126 Å². The zero-order valence-electron chi connectivity index (χ0n) is 12.2. The van der Waals surface area contributed by atoms with Gasteiger partial charge in [-0.25, -0.2) is 0 Å². The Labute approximate surface area is 126 Å². The maximum absolute atomic E-state index is 7.24. The van der Waals surface area contributed by atoms with Crippen LogP contribution in [0.15, 0.2) is 91.0 Å². The summed E-state index contributed by atoms with van der Waals surface area (Å²) in [7, 11) is 0. The van der Waals surface area contributed by atoms with Crippen LogP contribution in [0.5, 0.6) is 0 Å². The fourth-order valence-corrected chi connectivity index (χ4v) is 6.60. The molecule has 0 radical (unpaired) electrons. The second kappa shape index (κ2) is 5.11. The van der Waals surface area contributed by atoms with Crippen LogP contribution in [0.4, 0.5) is 0 Å². The van der Waals surface area contributed by atoms with Crippen molar-refractivity contribution in [3.05, 3.63) is 91.0 Å². The zero-order valence-corrected chi connectivity index (χ0v) is 13.1. The molecule has 0 aliphatic rings. The van der Waals surface area contributed by atoms with Crippen LogP contribution in [-0.4, -0.2) is 6.66 Å². The topological polar surface area (TPSA) is 26.0 Å². The molecule has 0 atom stereocenters. The van der Waals surface area contributed by atoms with Crippen molar-refractivity contribution in [1.82, 2.24) is 0 Å². The third-order valence-corrected chi connectivity index (χ3v) is 9.15. The molecule has 2 heteroatoms. The van der Waals surface area contributed by atoms with Gasteiger partial charge < -0.3 is 0 Å². The van der Waals surface area contributed by atoms with E-state index in [-0.39, 0.29) is 0 Å². The predicted octanol–water partition coefficient (Wildman–Crippen LogP) is 3.02. The molecule has 0 aliphatic carbocycles. The van der Waals surface area contributed by atoms with Crippen molar-refractivity contribution in [1.29, 1.82) is 0 Å². The Bertz CT molecular complexity index is 618. The molecule has 0 aliphatic heterocycles. The molecule has 0 fully saturated rings. The van der Waals surface area contributed by atoms with Gasteiger partial charge in [0.1, 0.15) is 0 Å². The molecule has 21 heavy (non-hydrogen) atoms. The Morgan fingerprint density at radius 2 is 0.762 bits per heavy atom. The molecule has 2 N–H and O–H groups in total. The fourth-order valence-electron chi connectivity index (χ4n) is 2.88. The molecule has 0 spiro atoms. The molecule has 3 aromatic rings. The van der Waals surface area contributed by atoms with Gasteiger partial charge in [-0.05, 0) is 0 Å². The van der Waals surface area contributed by atoms with E-state index in [0.29, 0.717) is 0 Å². The first-order valence-corrected chi connectivity index (χ1v) is 9.86. The zero-order chi connectivity index (χ0) is 14.8. The standard InChI is InChI=1S/C19H20NP/c1-21(20,17-11-5-2-6-12-17,18-13-7-3-8-14-18)19-15-9-4-10-16-19/h2-16H,20H2,1H3. The summed E-state index contributed by atoms with van der Waals surface area (Å²) in [6.45, 7) is -0.647. The molecule has 0 saturated heterocycles. The second-order valence-electron chi connectivity index (χ2n) is 5.66. The van der Waals surface area contributed by atoms with Gasteiger partial charge in [-0.1, -0.05) is 0 Å². The van der Waals surface area contributed by atoms with Gasteiger partial charge in [0.05, 0.1) is 0 Å². The number of hydrogen-bond acceptors (Lipinski definition) is 1. The van der Waals surface area contributed by atoms with Crippen LogP contribution in [0.3, 0.4) is 0 Å². The van der Waals surface area contributed by atoms with E-state index in [0.717, 1.165) is 0 Å². The third kappa shape index (κ3) is 2.19. The molecule has 3 aromatic carbocycles. The van der Waals surface area contributed by atoms with Crippen LogP contribution in [0.1, 0.15) is 0 Å². The second-order valence-corrected chi connectivity index (χ2v) is 10.5. The first-order valence-electron chi connectivity index (χ1n) is 7.11. The molecule has 0 unspecified atom stereocenters. The number of rotatable bonds is 3. The quantitative estimate of drug-likeness (QED) is 0.738. The predicted molar refractivity (Wildman–Crippen MR) is 95.3 cm³/mol. The van der Waals surface area contributed by atoms with Crippen molar-refractivity contribution in [3.8, 4) is 0 Å². The Hall–Kier alpha value is -1.95. The van der Waals surface area contributed by atoms with E-state index < -0.39 is 6.75 Å².